The molecule has 2 unspecified atom stereocenters. The lowest BCUT2D eigenvalue weighted by Crippen LogP contribution is -2.34. The van der Waals surface area contributed by atoms with Crippen LogP contribution in [0.1, 0.15) is 62.7 Å². The van der Waals surface area contributed by atoms with E-state index in [0.717, 1.165) is 12.1 Å². The molecule has 0 saturated heterocycles. The highest BCUT2D eigenvalue weighted by Crippen LogP contribution is 2.35. The molecule has 2 nitrogen and oxygen atoms in total. The number of rotatable bonds is 4. The number of hydrogen-bond acceptors (Lipinski definition) is 2. The fraction of sp³-hybridized carbons (Fsp3) is 0.579. The largest absolute Gasteiger partial charge is 0.460 e. The summed E-state index contributed by atoms with van der Waals surface area (Å²) < 4.78 is 6.26. The maximum atomic E-state index is 6.26. The summed E-state index contributed by atoms with van der Waals surface area (Å²) in [5.41, 5.74) is 2.32. The van der Waals surface area contributed by atoms with Crippen LogP contribution in [0.5, 0.6) is 0 Å². The molecule has 1 aromatic carbocycles. The van der Waals surface area contributed by atoms with Crippen LogP contribution in [0.3, 0.4) is 0 Å². The van der Waals surface area contributed by atoms with E-state index in [1.807, 2.05) is 0 Å². The Morgan fingerprint density at radius 3 is 2.86 bits per heavy atom. The van der Waals surface area contributed by atoms with Crippen LogP contribution in [0.4, 0.5) is 0 Å². The zero-order valence-electron chi connectivity index (χ0n) is 13.3. The minimum absolute atomic E-state index is 0.533. The number of furan rings is 1. The summed E-state index contributed by atoms with van der Waals surface area (Å²) in [5.74, 6) is 1.72. The van der Waals surface area contributed by atoms with Gasteiger partial charge in [-0.2, -0.15) is 0 Å². The summed E-state index contributed by atoms with van der Waals surface area (Å²) in [7, 11) is 0. The zero-order chi connectivity index (χ0) is 14.7. The molecule has 2 atom stereocenters. The molecular weight excluding hydrogens is 258 g/mol. The summed E-state index contributed by atoms with van der Waals surface area (Å²) in [4.78, 5) is 0. The van der Waals surface area contributed by atoms with Crippen molar-refractivity contribution in [2.24, 2.45) is 0 Å². The highest BCUT2D eigenvalue weighted by Gasteiger charge is 2.27. The lowest BCUT2D eigenvalue weighted by atomic mass is 9.92. The third kappa shape index (κ3) is 3.16. The lowest BCUT2D eigenvalue weighted by molar-refractivity contribution is 0.364. The molecule has 1 aliphatic rings. The van der Waals surface area contributed by atoms with Crippen LogP contribution < -0.4 is 5.32 Å². The maximum absolute atomic E-state index is 6.26. The van der Waals surface area contributed by atoms with Crippen molar-refractivity contribution in [1.29, 1.82) is 0 Å². The van der Waals surface area contributed by atoms with Crippen molar-refractivity contribution in [2.75, 3.05) is 6.54 Å². The smallest absolute Gasteiger partial charge is 0.137 e. The molecule has 21 heavy (non-hydrogen) atoms. The standard InChI is InChI=1S/C19H27NO/c1-3-12-20-17-11-6-4-5-10-16(17)18-13-15-9-7-8-14(2)19(15)21-18/h7-9,13,16-17,20H,3-6,10-12H2,1-2H3. The van der Waals surface area contributed by atoms with Crippen LogP contribution in [0, 0.1) is 6.92 Å². The number of benzene rings is 1. The number of para-hydroxylation sites is 1. The van der Waals surface area contributed by atoms with Gasteiger partial charge in [0.1, 0.15) is 11.3 Å². The topological polar surface area (TPSA) is 25.2 Å². The van der Waals surface area contributed by atoms with Crippen LogP contribution in [0.15, 0.2) is 28.7 Å². The van der Waals surface area contributed by atoms with Crippen molar-refractivity contribution in [3.8, 4) is 0 Å². The van der Waals surface area contributed by atoms with E-state index in [0.29, 0.717) is 12.0 Å². The SMILES string of the molecule is CCCNC1CCCCCC1c1cc2cccc(C)c2o1. The fourth-order valence-electron chi connectivity index (χ4n) is 3.63. The Labute approximate surface area is 127 Å². The van der Waals surface area contributed by atoms with Crippen LogP contribution in [0.25, 0.3) is 11.0 Å². The van der Waals surface area contributed by atoms with E-state index in [1.165, 1.54) is 55.2 Å². The average Bonchev–Trinajstić information content (AvgIpc) is 2.79. The molecule has 1 fully saturated rings. The van der Waals surface area contributed by atoms with Crippen molar-refractivity contribution < 1.29 is 4.42 Å². The van der Waals surface area contributed by atoms with Gasteiger partial charge >= 0.3 is 0 Å². The Hall–Kier alpha value is -1.28. The van der Waals surface area contributed by atoms with Gasteiger partial charge in [-0.25, -0.2) is 0 Å². The van der Waals surface area contributed by atoms with Gasteiger partial charge in [0.2, 0.25) is 0 Å². The van der Waals surface area contributed by atoms with E-state index in [1.54, 1.807) is 0 Å². The van der Waals surface area contributed by atoms with Gasteiger partial charge in [0.25, 0.3) is 0 Å². The van der Waals surface area contributed by atoms with E-state index in [4.69, 9.17) is 4.42 Å². The van der Waals surface area contributed by atoms with Crippen LogP contribution >= 0.6 is 0 Å². The van der Waals surface area contributed by atoms with Gasteiger partial charge < -0.3 is 9.73 Å². The molecule has 1 aromatic heterocycles. The van der Waals surface area contributed by atoms with Gasteiger partial charge in [-0.05, 0) is 44.4 Å². The number of hydrogen-bond donors (Lipinski definition) is 1. The third-order valence-corrected chi connectivity index (χ3v) is 4.80. The highest BCUT2D eigenvalue weighted by molar-refractivity contribution is 5.81. The Kier molecular flexibility index (Phi) is 4.64. The van der Waals surface area contributed by atoms with Crippen molar-refractivity contribution in [2.45, 2.75) is 64.3 Å². The van der Waals surface area contributed by atoms with Crippen molar-refractivity contribution in [1.82, 2.24) is 5.32 Å². The van der Waals surface area contributed by atoms with Gasteiger partial charge in [0.05, 0.1) is 0 Å². The molecule has 114 valence electrons. The van der Waals surface area contributed by atoms with E-state index in [9.17, 15) is 0 Å². The second-order valence-corrected chi connectivity index (χ2v) is 6.45. The van der Waals surface area contributed by atoms with Crippen molar-refractivity contribution >= 4 is 11.0 Å². The molecule has 1 heterocycles. The first-order chi connectivity index (χ1) is 10.3. The minimum atomic E-state index is 0.533. The van der Waals surface area contributed by atoms with E-state index in [-0.39, 0.29) is 0 Å². The molecule has 1 N–H and O–H groups in total. The molecule has 0 radical (unpaired) electrons. The summed E-state index contributed by atoms with van der Waals surface area (Å²) in [5, 5.41) is 5.01. The first-order valence-electron chi connectivity index (χ1n) is 8.52. The monoisotopic (exact) mass is 285 g/mol. The molecule has 2 heteroatoms. The zero-order valence-corrected chi connectivity index (χ0v) is 13.3. The normalized spacial score (nSPS) is 23.3. The van der Waals surface area contributed by atoms with Gasteiger partial charge in [0, 0.05) is 17.3 Å². The van der Waals surface area contributed by atoms with E-state index in [2.05, 4.69) is 43.4 Å². The molecule has 3 rings (SSSR count). The Bertz CT molecular complexity index is 586. The lowest BCUT2D eigenvalue weighted by Gasteiger charge is -2.24. The average molecular weight is 285 g/mol. The molecular formula is C19H27NO. The fourth-order valence-corrected chi connectivity index (χ4v) is 3.63. The predicted octanol–water partition coefficient (Wildman–Crippen LogP) is 5.16. The molecule has 1 aliphatic carbocycles. The molecule has 1 saturated carbocycles. The van der Waals surface area contributed by atoms with Crippen molar-refractivity contribution in [3.05, 3.63) is 35.6 Å². The molecule has 0 aliphatic heterocycles. The number of fused-ring (bicyclic) bond motifs is 1. The number of nitrogens with one attached hydrogen (secondary N) is 1. The molecule has 0 spiro atoms. The first-order valence-corrected chi connectivity index (χ1v) is 8.52. The maximum Gasteiger partial charge on any atom is 0.137 e. The summed E-state index contributed by atoms with van der Waals surface area (Å²) in [6, 6.07) is 9.28. The summed E-state index contributed by atoms with van der Waals surface area (Å²) in [6.07, 6.45) is 7.76. The van der Waals surface area contributed by atoms with Gasteiger partial charge in [0.15, 0.2) is 0 Å². The van der Waals surface area contributed by atoms with Gasteiger partial charge in [-0.3, -0.25) is 0 Å². The third-order valence-electron chi connectivity index (χ3n) is 4.80. The molecule has 0 bridgehead atoms. The van der Waals surface area contributed by atoms with Crippen molar-refractivity contribution in [3.63, 3.8) is 0 Å². The summed E-state index contributed by atoms with van der Waals surface area (Å²) >= 11 is 0. The molecule has 0 amide bonds. The second-order valence-electron chi connectivity index (χ2n) is 6.45. The number of aryl methyl sites for hydroxylation is 1. The van der Waals surface area contributed by atoms with E-state index >= 15 is 0 Å². The van der Waals surface area contributed by atoms with Gasteiger partial charge in [-0.1, -0.05) is 44.4 Å². The first kappa shape index (κ1) is 14.6. The second kappa shape index (κ2) is 6.65. The van der Waals surface area contributed by atoms with Gasteiger partial charge in [-0.15, -0.1) is 0 Å². The molecule has 2 aromatic rings. The Morgan fingerprint density at radius 1 is 1.19 bits per heavy atom. The van der Waals surface area contributed by atoms with Crippen LogP contribution in [-0.4, -0.2) is 12.6 Å². The highest BCUT2D eigenvalue weighted by atomic mass is 16.3. The summed E-state index contributed by atoms with van der Waals surface area (Å²) in [6.45, 7) is 5.49. The van der Waals surface area contributed by atoms with E-state index < -0.39 is 0 Å². The Morgan fingerprint density at radius 2 is 2.05 bits per heavy atom. The Balaban J connectivity index is 1.90. The van der Waals surface area contributed by atoms with Crippen LogP contribution in [0.2, 0.25) is 0 Å². The van der Waals surface area contributed by atoms with Crippen LogP contribution in [-0.2, 0) is 0 Å². The minimum Gasteiger partial charge on any atom is -0.460 e. The predicted molar refractivity (Wildman–Crippen MR) is 88.9 cm³/mol. The quantitative estimate of drug-likeness (QED) is 0.785.